The quantitative estimate of drug-likeness (QED) is 0.457. The lowest BCUT2D eigenvalue weighted by Crippen LogP contribution is -2.18. The zero-order chi connectivity index (χ0) is 18.7. The Morgan fingerprint density at radius 1 is 1.35 bits per heavy atom. The number of thioether (sulfide) groups is 1. The molecule has 0 bridgehead atoms. The van der Waals surface area contributed by atoms with Crippen LogP contribution in [0.4, 0.5) is 5.00 Å². The largest absolute Gasteiger partial charge is 0.497 e. The number of benzene rings is 1. The number of hydrogen-bond donors (Lipinski definition) is 0. The lowest BCUT2D eigenvalue weighted by molar-refractivity contribution is -0.380. The molecule has 26 heavy (non-hydrogen) atoms. The number of fused-ring (bicyclic) bond motifs is 1. The van der Waals surface area contributed by atoms with Gasteiger partial charge in [-0.15, -0.1) is 0 Å². The van der Waals surface area contributed by atoms with Crippen LogP contribution in [0.5, 0.6) is 5.75 Å². The molecule has 3 rings (SSSR count). The van der Waals surface area contributed by atoms with Crippen LogP contribution in [0.2, 0.25) is 0 Å². The minimum Gasteiger partial charge on any atom is -0.497 e. The summed E-state index contributed by atoms with van der Waals surface area (Å²) in [5.74, 6) is 1.13. The maximum absolute atomic E-state index is 12.5. The van der Waals surface area contributed by atoms with Crippen LogP contribution < -0.4 is 9.54 Å². The lowest BCUT2D eigenvalue weighted by atomic mass is 10.3. The van der Waals surface area contributed by atoms with Crippen molar-refractivity contribution >= 4 is 55.6 Å². The maximum Gasteiger partial charge on any atom is 0.324 e. The van der Waals surface area contributed by atoms with E-state index in [1.165, 1.54) is 23.5 Å². The van der Waals surface area contributed by atoms with Gasteiger partial charge in [0.25, 0.3) is 5.91 Å². The van der Waals surface area contributed by atoms with E-state index in [0.29, 0.717) is 11.3 Å². The fraction of sp³-hybridized carbons (Fsp3) is 0.250. The van der Waals surface area contributed by atoms with Gasteiger partial charge in [-0.1, -0.05) is 22.7 Å². The van der Waals surface area contributed by atoms with E-state index in [4.69, 9.17) is 4.74 Å². The Labute approximate surface area is 161 Å². The summed E-state index contributed by atoms with van der Waals surface area (Å²) in [4.78, 5) is 27.8. The molecule has 10 heteroatoms. The van der Waals surface area contributed by atoms with Crippen LogP contribution in [0.25, 0.3) is 10.2 Å². The Morgan fingerprint density at radius 3 is 2.81 bits per heavy atom. The topological polar surface area (TPSA) is 86.7 Å². The minimum atomic E-state index is -0.508. The summed E-state index contributed by atoms with van der Waals surface area (Å²) in [6, 6.07) is 8.49. The summed E-state index contributed by atoms with van der Waals surface area (Å²) in [7, 11) is 1.61. The molecular formula is C16H15N3O4S3. The average molecular weight is 410 g/mol. The van der Waals surface area contributed by atoms with Gasteiger partial charge in [0.2, 0.25) is 0 Å². The molecule has 0 aliphatic heterocycles. The maximum atomic E-state index is 12.5. The molecule has 0 unspecified atom stereocenters. The Kier molecular flexibility index (Phi) is 5.74. The van der Waals surface area contributed by atoms with Crippen molar-refractivity contribution in [1.29, 1.82) is 0 Å². The number of carbonyl (C=O) groups is 1. The van der Waals surface area contributed by atoms with E-state index in [2.05, 4.69) is 4.99 Å². The molecular weight excluding hydrogens is 394 g/mol. The third-order valence-electron chi connectivity index (χ3n) is 3.59. The first kappa shape index (κ1) is 18.6. The van der Waals surface area contributed by atoms with Crippen LogP contribution in [0.1, 0.15) is 9.67 Å². The Balaban J connectivity index is 2.07. The van der Waals surface area contributed by atoms with Crippen molar-refractivity contribution in [3.63, 3.8) is 0 Å². The van der Waals surface area contributed by atoms with Gasteiger partial charge in [-0.2, -0.15) is 16.8 Å². The predicted molar refractivity (Wildman–Crippen MR) is 106 cm³/mol. The van der Waals surface area contributed by atoms with Crippen molar-refractivity contribution in [1.82, 2.24) is 4.57 Å². The summed E-state index contributed by atoms with van der Waals surface area (Å²) in [5, 5.41) is 10.7. The van der Waals surface area contributed by atoms with Crippen LogP contribution in [-0.4, -0.2) is 34.5 Å². The zero-order valence-corrected chi connectivity index (χ0v) is 16.4. The molecule has 0 N–H and O–H groups in total. The molecule has 0 saturated carbocycles. The third-order valence-corrected chi connectivity index (χ3v) is 6.26. The van der Waals surface area contributed by atoms with Crippen molar-refractivity contribution in [2.24, 2.45) is 4.99 Å². The molecule has 0 aliphatic rings. The molecule has 0 fully saturated rings. The number of nitrogens with zero attached hydrogens (tertiary/aromatic N) is 3. The molecule has 3 aromatic rings. The van der Waals surface area contributed by atoms with Gasteiger partial charge in [-0.25, -0.2) is 0 Å². The number of thiophene rings is 1. The summed E-state index contributed by atoms with van der Waals surface area (Å²) in [5.41, 5.74) is 0.951. The van der Waals surface area contributed by atoms with E-state index < -0.39 is 10.8 Å². The van der Waals surface area contributed by atoms with Crippen molar-refractivity contribution in [3.8, 4) is 5.75 Å². The minimum absolute atomic E-state index is 0.0695. The molecule has 136 valence electrons. The van der Waals surface area contributed by atoms with Gasteiger partial charge in [0.15, 0.2) is 4.80 Å². The van der Waals surface area contributed by atoms with Crippen molar-refractivity contribution in [2.45, 2.75) is 6.54 Å². The van der Waals surface area contributed by atoms with E-state index in [1.807, 2.05) is 29.0 Å². The monoisotopic (exact) mass is 409 g/mol. The van der Waals surface area contributed by atoms with Crippen molar-refractivity contribution < 1.29 is 14.5 Å². The first-order valence-electron chi connectivity index (χ1n) is 7.53. The highest BCUT2D eigenvalue weighted by molar-refractivity contribution is 7.98. The van der Waals surface area contributed by atoms with Crippen LogP contribution in [0.3, 0.4) is 0 Å². The van der Waals surface area contributed by atoms with E-state index in [-0.39, 0.29) is 9.88 Å². The van der Waals surface area contributed by atoms with Crippen molar-refractivity contribution in [3.05, 3.63) is 50.1 Å². The standard InChI is InChI=1S/C16H15N3O4S3/c1-23-10-3-4-12-11(9-10)18(7-8-24-2)16(26-12)17-15(20)13-5-6-14(25-13)19(21)22/h3-6,9H,7-8H2,1-2H3. The van der Waals surface area contributed by atoms with Gasteiger partial charge >= 0.3 is 5.00 Å². The second kappa shape index (κ2) is 8.02. The normalized spacial score (nSPS) is 11.8. The number of carbonyl (C=O) groups excluding carboxylic acids is 1. The molecule has 0 saturated heterocycles. The highest BCUT2D eigenvalue weighted by Gasteiger charge is 2.16. The number of hydrogen-bond acceptors (Lipinski definition) is 7. The van der Waals surface area contributed by atoms with E-state index >= 15 is 0 Å². The molecule has 1 aromatic carbocycles. The smallest absolute Gasteiger partial charge is 0.324 e. The molecule has 2 aromatic heterocycles. The summed E-state index contributed by atoms with van der Waals surface area (Å²) < 4.78 is 8.27. The molecule has 0 aliphatic carbocycles. The number of methoxy groups -OCH3 is 1. The molecule has 0 atom stereocenters. The Hall–Kier alpha value is -2.17. The van der Waals surface area contributed by atoms with E-state index in [9.17, 15) is 14.9 Å². The van der Waals surface area contributed by atoms with Crippen LogP contribution in [-0.2, 0) is 6.54 Å². The van der Waals surface area contributed by atoms with Crippen LogP contribution in [0.15, 0.2) is 35.3 Å². The second-order valence-corrected chi connectivity index (χ2v) is 8.23. The van der Waals surface area contributed by atoms with E-state index in [0.717, 1.165) is 33.1 Å². The molecule has 0 radical (unpaired) electrons. The second-order valence-electron chi connectivity index (χ2n) is 5.17. The SMILES string of the molecule is COc1ccc2sc(=NC(=O)c3ccc([N+](=O)[O-])s3)n(CCSC)c2c1. The van der Waals surface area contributed by atoms with Gasteiger partial charge < -0.3 is 9.30 Å². The first-order valence-corrected chi connectivity index (χ1v) is 10.6. The predicted octanol–water partition coefficient (Wildman–Crippen LogP) is 3.79. The third kappa shape index (κ3) is 3.81. The highest BCUT2D eigenvalue weighted by atomic mass is 32.2. The molecule has 2 heterocycles. The summed E-state index contributed by atoms with van der Waals surface area (Å²) >= 11 is 3.95. The number of aryl methyl sites for hydroxylation is 1. The summed E-state index contributed by atoms with van der Waals surface area (Å²) in [6.07, 6.45) is 2.02. The number of rotatable bonds is 6. The highest BCUT2D eigenvalue weighted by Crippen LogP contribution is 2.25. The fourth-order valence-corrected chi connectivity index (χ4v) is 4.45. The number of nitro groups is 1. The fourth-order valence-electron chi connectivity index (χ4n) is 2.34. The number of amides is 1. The number of thiazole rings is 1. The Bertz CT molecular complexity index is 1030. The first-order chi connectivity index (χ1) is 12.5. The molecule has 1 amide bonds. The van der Waals surface area contributed by atoms with E-state index in [1.54, 1.807) is 18.9 Å². The summed E-state index contributed by atoms with van der Waals surface area (Å²) in [6.45, 7) is 0.699. The van der Waals surface area contributed by atoms with Gasteiger partial charge in [0, 0.05) is 24.4 Å². The lowest BCUT2D eigenvalue weighted by Gasteiger charge is -2.05. The Morgan fingerprint density at radius 2 is 2.15 bits per heavy atom. The van der Waals surface area contributed by atoms with Crippen LogP contribution >= 0.6 is 34.4 Å². The molecule has 0 spiro atoms. The average Bonchev–Trinajstić information content (AvgIpc) is 3.24. The van der Waals surface area contributed by atoms with Crippen molar-refractivity contribution in [2.75, 3.05) is 19.1 Å². The van der Waals surface area contributed by atoms with Gasteiger partial charge in [0.05, 0.1) is 22.2 Å². The number of ether oxygens (including phenoxy) is 1. The number of aromatic nitrogens is 1. The van der Waals surface area contributed by atoms with Gasteiger partial charge in [0.1, 0.15) is 10.6 Å². The van der Waals surface area contributed by atoms with Crippen LogP contribution in [0, 0.1) is 10.1 Å². The van der Waals surface area contributed by atoms with Gasteiger partial charge in [-0.05, 0) is 24.5 Å². The molecule has 7 nitrogen and oxygen atoms in total. The van der Waals surface area contributed by atoms with Gasteiger partial charge in [-0.3, -0.25) is 14.9 Å². The zero-order valence-electron chi connectivity index (χ0n) is 14.0.